The van der Waals surface area contributed by atoms with Crippen molar-refractivity contribution in [1.82, 2.24) is 34.8 Å². The van der Waals surface area contributed by atoms with Crippen molar-refractivity contribution in [3.05, 3.63) is 202 Å². The van der Waals surface area contributed by atoms with Crippen LogP contribution in [0.15, 0.2) is 164 Å². The molecule has 416 valence electrons. The maximum absolute atomic E-state index is 6.07. The van der Waals surface area contributed by atoms with Gasteiger partial charge in [-0.1, -0.05) is 92.7 Å². The standard InChI is InChI=1S/C19H17NOS.C17H13NOS.2C14H12N2O.C3H9N.C2H6/c1-10-7-13(4)14-9-16(21-15(14)8-10)19-20-17-11(2)5-6-12(3)18(17)22-19;1-10-7-8-11(2)16-15(10)18-17(20-16)14-9-12-5-3-4-6-13(12)19-14;1-9-5-6-10(2)13-12(9)16-14(17-13)11-4-3-7-15-8-11;1-9-6-7-10(2)13-12(9)16-14(17-13)11-5-3-4-8-15-11;1-4(2)3;1-2/h5-9H,1-4H3;3-9H,1-2H3;2*3-8H,1-2H3;1-3H3;1-2H3. The highest BCUT2D eigenvalue weighted by Gasteiger charge is 2.18. The van der Waals surface area contributed by atoms with Crippen molar-refractivity contribution < 1.29 is 17.7 Å². The third-order valence-corrected chi connectivity index (χ3v) is 15.8. The lowest BCUT2D eigenvalue weighted by Gasteiger charge is -1.96. The summed E-state index contributed by atoms with van der Waals surface area (Å²) < 4.78 is 26.1. The van der Waals surface area contributed by atoms with Crippen LogP contribution in [-0.4, -0.2) is 55.9 Å². The van der Waals surface area contributed by atoms with Crippen molar-refractivity contribution in [2.24, 2.45) is 0 Å². The SMILES string of the molecule is CC.CN(C)C.Cc1cc(C)c2cc(-c3nc4c(C)ccc(C)c4s3)oc2c1.Cc1ccc(C)c2oc(-c3ccccn3)nc12.Cc1ccc(C)c2oc(-c3cccnc3)nc12.Cc1ccc(C)c2sc(-c3cc4ccccc4o3)nc12. The van der Waals surface area contributed by atoms with Crippen molar-refractivity contribution in [3.8, 4) is 44.6 Å². The number of hydrogen-bond donors (Lipinski definition) is 0. The van der Waals surface area contributed by atoms with Gasteiger partial charge in [0.15, 0.2) is 32.7 Å². The van der Waals surface area contributed by atoms with E-state index in [1.807, 2.05) is 122 Å². The molecular weight excluding hydrogens is 1050 g/mol. The second-order valence-electron chi connectivity index (χ2n) is 20.6. The molecule has 0 aliphatic heterocycles. The topological polar surface area (TPSA) is 133 Å². The summed E-state index contributed by atoms with van der Waals surface area (Å²) >= 11 is 3.41. The van der Waals surface area contributed by atoms with Gasteiger partial charge in [0, 0.05) is 29.4 Å². The van der Waals surface area contributed by atoms with Gasteiger partial charge in [-0.2, -0.15) is 0 Å². The number of thiazole rings is 2. The lowest BCUT2D eigenvalue weighted by molar-refractivity contribution is 0.505. The number of aromatic nitrogens is 6. The zero-order chi connectivity index (χ0) is 58.4. The van der Waals surface area contributed by atoms with Crippen LogP contribution in [0.2, 0.25) is 0 Å². The molecule has 6 aromatic carbocycles. The van der Waals surface area contributed by atoms with E-state index in [1.54, 1.807) is 41.3 Å². The largest absolute Gasteiger partial charge is 0.454 e. The van der Waals surface area contributed by atoms with E-state index < -0.39 is 0 Å². The Balaban J connectivity index is 0.000000128. The number of aryl methyl sites for hydroxylation is 10. The quantitative estimate of drug-likeness (QED) is 0.167. The number of para-hydroxylation sites is 1. The van der Waals surface area contributed by atoms with Gasteiger partial charge in [-0.3, -0.25) is 9.97 Å². The molecule has 0 saturated carbocycles. The number of oxazole rings is 2. The Bertz CT molecular complexity index is 4170. The number of fused-ring (bicyclic) bond motifs is 6. The van der Waals surface area contributed by atoms with Crippen LogP contribution in [0.5, 0.6) is 0 Å². The first kappa shape index (κ1) is 58.0. The van der Waals surface area contributed by atoms with Gasteiger partial charge in [0.25, 0.3) is 0 Å². The van der Waals surface area contributed by atoms with Crippen LogP contribution in [0, 0.1) is 69.2 Å². The van der Waals surface area contributed by atoms with E-state index in [-0.39, 0.29) is 0 Å². The van der Waals surface area contributed by atoms with E-state index in [4.69, 9.17) is 27.6 Å². The minimum Gasteiger partial charge on any atom is -0.454 e. The molecule has 14 rings (SSSR count). The molecule has 8 heterocycles. The highest BCUT2D eigenvalue weighted by molar-refractivity contribution is 7.22. The first-order chi connectivity index (χ1) is 39.5. The van der Waals surface area contributed by atoms with Crippen LogP contribution < -0.4 is 0 Å². The second-order valence-corrected chi connectivity index (χ2v) is 22.6. The van der Waals surface area contributed by atoms with Crippen LogP contribution in [0.25, 0.3) is 109 Å². The molecule has 82 heavy (non-hydrogen) atoms. The van der Waals surface area contributed by atoms with Crippen molar-refractivity contribution in [1.29, 1.82) is 0 Å². The third-order valence-electron chi connectivity index (χ3n) is 13.4. The van der Waals surface area contributed by atoms with E-state index >= 15 is 0 Å². The molecule has 0 unspecified atom stereocenters. The number of furan rings is 2. The molecule has 0 amide bonds. The maximum Gasteiger partial charge on any atom is 0.246 e. The van der Waals surface area contributed by atoms with E-state index in [0.717, 1.165) is 105 Å². The molecule has 0 spiro atoms. The van der Waals surface area contributed by atoms with Gasteiger partial charge in [-0.15, -0.1) is 22.7 Å². The molecule has 14 aromatic rings. The van der Waals surface area contributed by atoms with Gasteiger partial charge < -0.3 is 22.6 Å². The fourth-order valence-corrected chi connectivity index (χ4v) is 11.3. The summed E-state index contributed by atoms with van der Waals surface area (Å²) in [5.74, 6) is 2.93. The second kappa shape index (κ2) is 25.4. The predicted octanol–water partition coefficient (Wildman–Crippen LogP) is 19.5. The predicted molar refractivity (Wildman–Crippen MR) is 342 cm³/mol. The average molecular weight is 1120 g/mol. The van der Waals surface area contributed by atoms with Crippen LogP contribution in [-0.2, 0) is 0 Å². The van der Waals surface area contributed by atoms with Gasteiger partial charge in [-0.05, 0) is 195 Å². The molecule has 0 aliphatic carbocycles. The van der Waals surface area contributed by atoms with Crippen LogP contribution in [0.3, 0.4) is 0 Å². The van der Waals surface area contributed by atoms with Crippen molar-refractivity contribution in [2.45, 2.75) is 83.1 Å². The van der Waals surface area contributed by atoms with Gasteiger partial charge >= 0.3 is 0 Å². The fourth-order valence-electron chi connectivity index (χ4n) is 9.14. The summed E-state index contributed by atoms with van der Waals surface area (Å²) in [4.78, 5) is 29.0. The zero-order valence-electron chi connectivity index (χ0n) is 49.4. The Kier molecular flexibility index (Phi) is 18.0. The van der Waals surface area contributed by atoms with Gasteiger partial charge in [0.1, 0.15) is 27.9 Å². The normalized spacial score (nSPS) is 11.0. The lowest BCUT2D eigenvalue weighted by Crippen LogP contribution is -1.99. The Labute approximate surface area is 487 Å². The van der Waals surface area contributed by atoms with Gasteiger partial charge in [0.2, 0.25) is 11.8 Å². The summed E-state index contributed by atoms with van der Waals surface area (Å²) in [5.41, 5.74) is 21.2. The van der Waals surface area contributed by atoms with E-state index in [2.05, 4.69) is 134 Å². The molecule has 0 aliphatic rings. The number of hydrogen-bond acceptors (Lipinski definition) is 13. The highest BCUT2D eigenvalue weighted by atomic mass is 32.1. The van der Waals surface area contributed by atoms with Crippen LogP contribution in [0.1, 0.15) is 69.5 Å². The Hall–Kier alpha value is -8.62. The van der Waals surface area contributed by atoms with E-state index in [1.165, 1.54) is 48.2 Å². The molecule has 0 bridgehead atoms. The van der Waals surface area contributed by atoms with Gasteiger partial charge in [0.05, 0.1) is 26.0 Å². The van der Waals surface area contributed by atoms with E-state index in [0.29, 0.717) is 11.8 Å². The monoisotopic (exact) mass is 1120 g/mol. The van der Waals surface area contributed by atoms with E-state index in [9.17, 15) is 0 Å². The highest BCUT2D eigenvalue weighted by Crippen LogP contribution is 2.39. The molecule has 0 saturated heterocycles. The Morgan fingerprint density at radius 1 is 0.415 bits per heavy atom. The zero-order valence-corrected chi connectivity index (χ0v) is 51.1. The van der Waals surface area contributed by atoms with Gasteiger partial charge in [-0.25, -0.2) is 19.9 Å². The number of pyridine rings is 2. The smallest absolute Gasteiger partial charge is 0.246 e. The number of nitrogens with zero attached hydrogens (tertiary/aromatic N) is 7. The van der Waals surface area contributed by atoms with Crippen molar-refractivity contribution in [2.75, 3.05) is 21.1 Å². The Morgan fingerprint density at radius 3 is 1.44 bits per heavy atom. The molecular formula is C69H69N7O4S2. The van der Waals surface area contributed by atoms with Crippen molar-refractivity contribution >= 4 is 87.2 Å². The molecule has 0 N–H and O–H groups in total. The summed E-state index contributed by atoms with van der Waals surface area (Å²) in [6, 6.07) is 42.8. The van der Waals surface area contributed by atoms with Crippen LogP contribution in [0.4, 0.5) is 0 Å². The lowest BCUT2D eigenvalue weighted by atomic mass is 10.1. The molecule has 0 radical (unpaired) electrons. The summed E-state index contributed by atoms with van der Waals surface area (Å²) in [6.45, 7) is 24.8. The molecule has 13 heteroatoms. The summed E-state index contributed by atoms with van der Waals surface area (Å²) in [7, 11) is 6.00. The maximum atomic E-state index is 6.07. The third kappa shape index (κ3) is 12.8. The number of benzene rings is 6. The first-order valence-corrected chi connectivity index (χ1v) is 29.0. The first-order valence-electron chi connectivity index (χ1n) is 27.4. The number of rotatable bonds is 4. The summed E-state index contributed by atoms with van der Waals surface area (Å²) in [6.07, 6.45) is 5.24. The molecule has 0 atom stereocenters. The summed E-state index contributed by atoms with van der Waals surface area (Å²) in [5, 5.41) is 4.21. The van der Waals surface area contributed by atoms with Crippen LogP contribution >= 0.6 is 22.7 Å². The Morgan fingerprint density at radius 2 is 0.915 bits per heavy atom. The molecule has 8 aromatic heterocycles. The average Bonchev–Trinajstić information content (AvgIpc) is 4.42. The fraction of sp³-hybridized carbons (Fsp3) is 0.217. The minimum absolute atomic E-state index is 0.581. The molecule has 11 nitrogen and oxygen atoms in total. The molecule has 0 fully saturated rings. The van der Waals surface area contributed by atoms with Crippen molar-refractivity contribution in [3.63, 3.8) is 0 Å². The minimum atomic E-state index is 0.581.